The van der Waals surface area contributed by atoms with Crippen LogP contribution in [0.5, 0.6) is 5.75 Å². The maximum absolute atomic E-state index is 13.5. The minimum Gasteiger partial charge on any atom is -0.490 e. The number of aromatic amines is 1. The topological polar surface area (TPSA) is 76.0 Å². The predicted molar refractivity (Wildman–Crippen MR) is 111 cm³/mol. The number of ether oxygens (including phenoxy) is 1. The predicted octanol–water partition coefficient (Wildman–Crippen LogP) is 3.30. The summed E-state index contributed by atoms with van der Waals surface area (Å²) in [7, 11) is 0. The fourth-order valence-corrected chi connectivity index (χ4v) is 3.99. The van der Waals surface area contributed by atoms with Crippen LogP contribution < -0.4 is 10.4 Å². The van der Waals surface area contributed by atoms with Crippen LogP contribution in [-0.2, 0) is 13.1 Å². The van der Waals surface area contributed by atoms with Gasteiger partial charge >= 0.3 is 5.69 Å². The normalized spacial score (nSPS) is 14.3. The Balaban J connectivity index is 1.50. The number of nitrogens with zero attached hydrogens (tertiary/aromatic N) is 4. The lowest BCUT2D eigenvalue weighted by Gasteiger charge is -2.19. The molecule has 0 unspecified atom stereocenters. The second-order valence-electron chi connectivity index (χ2n) is 7.15. The molecule has 7 nitrogen and oxygen atoms in total. The van der Waals surface area contributed by atoms with E-state index in [0.717, 1.165) is 16.8 Å². The first-order chi connectivity index (χ1) is 14.6. The van der Waals surface area contributed by atoms with E-state index in [1.807, 2.05) is 29.0 Å². The van der Waals surface area contributed by atoms with Crippen molar-refractivity contribution in [1.29, 1.82) is 0 Å². The highest BCUT2D eigenvalue weighted by molar-refractivity contribution is 6.32. The van der Waals surface area contributed by atoms with Gasteiger partial charge in [0.1, 0.15) is 23.8 Å². The Bertz CT molecular complexity index is 1280. The highest BCUT2D eigenvalue weighted by Gasteiger charge is 2.20. The van der Waals surface area contributed by atoms with Gasteiger partial charge in [0.2, 0.25) is 0 Å². The van der Waals surface area contributed by atoms with Crippen molar-refractivity contribution in [2.24, 2.45) is 0 Å². The molecule has 30 heavy (non-hydrogen) atoms. The molecule has 5 rings (SSSR count). The molecule has 0 fully saturated rings. The molecule has 152 valence electrons. The number of nitrogens with one attached hydrogen (secondary N) is 1. The van der Waals surface area contributed by atoms with Crippen LogP contribution in [0.2, 0.25) is 5.02 Å². The van der Waals surface area contributed by atoms with Gasteiger partial charge in [0.25, 0.3) is 0 Å². The van der Waals surface area contributed by atoms with Gasteiger partial charge < -0.3 is 14.3 Å². The SMILES string of the molecule is O=c1ncc(CN2CCOc3c(Cl)cc(-n4ccc5cc(F)cnc54)cc3C2)c[nH]1. The van der Waals surface area contributed by atoms with Gasteiger partial charge in [-0.25, -0.2) is 19.2 Å². The lowest BCUT2D eigenvalue weighted by atomic mass is 10.1. The number of H-pyrrole nitrogens is 1. The van der Waals surface area contributed by atoms with E-state index in [2.05, 4.69) is 19.9 Å². The molecule has 0 spiro atoms. The van der Waals surface area contributed by atoms with Crippen molar-refractivity contribution in [2.45, 2.75) is 13.1 Å². The number of rotatable bonds is 3. The van der Waals surface area contributed by atoms with E-state index in [-0.39, 0.29) is 11.5 Å². The number of benzene rings is 1. The lowest BCUT2D eigenvalue weighted by molar-refractivity contribution is 0.219. The molecule has 1 aliphatic rings. The summed E-state index contributed by atoms with van der Waals surface area (Å²) in [5, 5.41) is 1.23. The zero-order chi connectivity index (χ0) is 20.7. The fourth-order valence-electron chi connectivity index (χ4n) is 3.71. The van der Waals surface area contributed by atoms with E-state index in [1.54, 1.807) is 12.4 Å². The van der Waals surface area contributed by atoms with Crippen LogP contribution in [0.4, 0.5) is 4.39 Å². The van der Waals surface area contributed by atoms with Crippen molar-refractivity contribution in [2.75, 3.05) is 13.2 Å². The summed E-state index contributed by atoms with van der Waals surface area (Å²) in [6.45, 7) is 2.42. The van der Waals surface area contributed by atoms with Crippen molar-refractivity contribution in [3.63, 3.8) is 0 Å². The molecular formula is C21H17ClFN5O2. The Morgan fingerprint density at radius 3 is 2.97 bits per heavy atom. The second kappa shape index (κ2) is 7.55. The molecule has 3 aromatic heterocycles. The van der Waals surface area contributed by atoms with Crippen molar-refractivity contribution in [3.8, 4) is 11.4 Å². The van der Waals surface area contributed by atoms with Gasteiger partial charge in [0, 0.05) is 60.4 Å². The first kappa shape index (κ1) is 18.8. The Kier molecular flexibility index (Phi) is 4.72. The molecule has 0 saturated carbocycles. The monoisotopic (exact) mass is 425 g/mol. The van der Waals surface area contributed by atoms with E-state index in [1.165, 1.54) is 12.3 Å². The average molecular weight is 426 g/mol. The van der Waals surface area contributed by atoms with Gasteiger partial charge in [-0.3, -0.25) is 4.90 Å². The zero-order valence-corrected chi connectivity index (χ0v) is 16.6. The number of pyridine rings is 1. The van der Waals surface area contributed by atoms with Crippen LogP contribution in [-0.4, -0.2) is 37.6 Å². The molecule has 1 aliphatic heterocycles. The van der Waals surface area contributed by atoms with Crippen LogP contribution in [0.15, 0.2) is 53.8 Å². The minimum absolute atomic E-state index is 0.368. The fraction of sp³-hybridized carbons (Fsp3) is 0.190. The van der Waals surface area contributed by atoms with E-state index in [0.29, 0.717) is 48.0 Å². The number of aromatic nitrogens is 4. The molecule has 0 aliphatic carbocycles. The summed E-state index contributed by atoms with van der Waals surface area (Å²) < 4.78 is 21.3. The van der Waals surface area contributed by atoms with E-state index in [4.69, 9.17) is 16.3 Å². The molecular weight excluding hydrogens is 409 g/mol. The Morgan fingerprint density at radius 1 is 1.23 bits per heavy atom. The first-order valence-corrected chi connectivity index (χ1v) is 9.79. The van der Waals surface area contributed by atoms with Gasteiger partial charge in [0.15, 0.2) is 0 Å². The van der Waals surface area contributed by atoms with Gasteiger partial charge in [-0.2, -0.15) is 0 Å². The van der Waals surface area contributed by atoms with E-state index in [9.17, 15) is 9.18 Å². The van der Waals surface area contributed by atoms with Crippen molar-refractivity contribution in [1.82, 2.24) is 24.4 Å². The van der Waals surface area contributed by atoms with Crippen LogP contribution >= 0.6 is 11.6 Å². The summed E-state index contributed by atoms with van der Waals surface area (Å²) in [4.78, 5) is 24.0. The first-order valence-electron chi connectivity index (χ1n) is 9.41. The van der Waals surface area contributed by atoms with E-state index < -0.39 is 0 Å². The summed E-state index contributed by atoms with van der Waals surface area (Å²) >= 11 is 6.55. The molecule has 0 bridgehead atoms. The number of fused-ring (bicyclic) bond motifs is 2. The Hall–Kier alpha value is -3.23. The van der Waals surface area contributed by atoms with Crippen LogP contribution in [0.1, 0.15) is 11.1 Å². The molecule has 0 atom stereocenters. The third-order valence-corrected chi connectivity index (χ3v) is 5.34. The van der Waals surface area contributed by atoms with Crippen LogP contribution in [0.25, 0.3) is 16.7 Å². The lowest BCUT2D eigenvalue weighted by Crippen LogP contribution is -2.26. The van der Waals surface area contributed by atoms with E-state index >= 15 is 0 Å². The van der Waals surface area contributed by atoms with Crippen molar-refractivity contribution in [3.05, 3.63) is 81.5 Å². The maximum atomic E-state index is 13.5. The highest BCUT2D eigenvalue weighted by atomic mass is 35.5. The second-order valence-corrected chi connectivity index (χ2v) is 7.56. The number of halogens is 2. The summed E-state index contributed by atoms with van der Waals surface area (Å²) in [6.07, 6.45) is 6.29. The third-order valence-electron chi connectivity index (χ3n) is 5.06. The third kappa shape index (κ3) is 3.55. The maximum Gasteiger partial charge on any atom is 0.344 e. The van der Waals surface area contributed by atoms with Gasteiger partial charge in [-0.05, 0) is 24.3 Å². The highest BCUT2D eigenvalue weighted by Crippen LogP contribution is 2.35. The average Bonchev–Trinajstić information content (AvgIpc) is 3.02. The quantitative estimate of drug-likeness (QED) is 0.545. The molecule has 4 heterocycles. The molecule has 4 aromatic rings. The molecule has 1 aromatic carbocycles. The standard InChI is InChI=1S/C21H17ClFN5O2/c22-18-7-17(28-2-1-14-5-16(23)10-24-20(14)28)6-15-12-27(3-4-30-19(15)18)11-13-8-25-21(29)26-9-13/h1-2,5-10H,3-4,11-12H2,(H,25,26,29). The molecule has 1 N–H and O–H groups in total. The van der Waals surface area contributed by atoms with Gasteiger partial charge in [-0.15, -0.1) is 0 Å². The molecule has 0 saturated heterocycles. The van der Waals surface area contributed by atoms with Gasteiger partial charge in [-0.1, -0.05) is 11.6 Å². The molecule has 0 amide bonds. The Morgan fingerprint density at radius 2 is 2.13 bits per heavy atom. The molecule has 0 radical (unpaired) electrons. The Labute approximate surface area is 175 Å². The number of hydrogen-bond acceptors (Lipinski definition) is 5. The van der Waals surface area contributed by atoms with Gasteiger partial charge in [0.05, 0.1) is 11.2 Å². The number of hydrogen-bond donors (Lipinski definition) is 1. The minimum atomic E-state index is -0.374. The largest absolute Gasteiger partial charge is 0.490 e. The summed E-state index contributed by atoms with van der Waals surface area (Å²) in [5.74, 6) is 0.291. The summed E-state index contributed by atoms with van der Waals surface area (Å²) in [5.41, 5.74) is 2.95. The van der Waals surface area contributed by atoms with Crippen LogP contribution in [0.3, 0.4) is 0 Å². The van der Waals surface area contributed by atoms with Crippen molar-refractivity contribution < 1.29 is 9.13 Å². The smallest absolute Gasteiger partial charge is 0.344 e. The zero-order valence-electron chi connectivity index (χ0n) is 15.8. The van der Waals surface area contributed by atoms with Crippen molar-refractivity contribution >= 4 is 22.6 Å². The summed E-state index contributed by atoms with van der Waals surface area (Å²) in [6, 6.07) is 7.10. The van der Waals surface area contributed by atoms with Crippen LogP contribution in [0, 0.1) is 5.82 Å². The molecule has 9 heteroatoms.